The molecular formula is C17H20F2IN3. The van der Waals surface area contributed by atoms with E-state index in [1.54, 1.807) is 0 Å². The van der Waals surface area contributed by atoms with Gasteiger partial charge in [0.2, 0.25) is 0 Å². The molecule has 0 amide bonds. The molecule has 3 nitrogen and oxygen atoms in total. The summed E-state index contributed by atoms with van der Waals surface area (Å²) < 4.78 is 26.3. The van der Waals surface area contributed by atoms with Gasteiger partial charge in [0, 0.05) is 18.3 Å². The molecule has 0 aliphatic carbocycles. The second-order valence-corrected chi connectivity index (χ2v) is 5.25. The Morgan fingerprint density at radius 1 is 1.09 bits per heavy atom. The number of halogens is 3. The first-order valence-electron chi connectivity index (χ1n) is 7.03. The zero-order chi connectivity index (χ0) is 16.1. The van der Waals surface area contributed by atoms with Crippen molar-refractivity contribution in [3.8, 4) is 0 Å². The van der Waals surface area contributed by atoms with Crippen molar-refractivity contribution < 1.29 is 8.78 Å². The Labute approximate surface area is 152 Å². The molecule has 0 bridgehead atoms. The zero-order valence-electron chi connectivity index (χ0n) is 13.1. The lowest BCUT2D eigenvalue weighted by Crippen LogP contribution is -2.23. The smallest absolute Gasteiger partial charge is 0.193 e. The first-order valence-corrected chi connectivity index (χ1v) is 7.03. The van der Waals surface area contributed by atoms with Crippen LogP contribution >= 0.6 is 24.0 Å². The lowest BCUT2D eigenvalue weighted by molar-refractivity contribution is 0.572. The van der Waals surface area contributed by atoms with E-state index < -0.39 is 11.6 Å². The zero-order valence-corrected chi connectivity index (χ0v) is 15.4. The van der Waals surface area contributed by atoms with Gasteiger partial charge in [0.15, 0.2) is 5.96 Å². The van der Waals surface area contributed by atoms with Crippen LogP contribution in [0.1, 0.15) is 16.7 Å². The quantitative estimate of drug-likeness (QED) is 0.434. The van der Waals surface area contributed by atoms with E-state index in [2.05, 4.69) is 16.4 Å². The minimum absolute atomic E-state index is 0. The number of nitrogens with zero attached hydrogens (tertiary/aromatic N) is 1. The van der Waals surface area contributed by atoms with Gasteiger partial charge in [-0.1, -0.05) is 12.1 Å². The van der Waals surface area contributed by atoms with E-state index in [1.165, 1.54) is 12.1 Å². The molecule has 0 saturated heterocycles. The van der Waals surface area contributed by atoms with Crippen molar-refractivity contribution in [3.63, 3.8) is 0 Å². The molecule has 0 spiro atoms. The van der Waals surface area contributed by atoms with Gasteiger partial charge in [0.1, 0.15) is 11.6 Å². The highest BCUT2D eigenvalue weighted by Crippen LogP contribution is 2.13. The predicted molar refractivity (Wildman–Crippen MR) is 102 cm³/mol. The van der Waals surface area contributed by atoms with E-state index >= 15 is 0 Å². The molecule has 2 rings (SSSR count). The van der Waals surface area contributed by atoms with Gasteiger partial charge in [-0.2, -0.15) is 0 Å². The fraction of sp³-hybridized carbons (Fsp3) is 0.235. The maximum absolute atomic E-state index is 13.5. The molecule has 124 valence electrons. The number of nitrogens with two attached hydrogens (primary N) is 1. The Morgan fingerprint density at radius 3 is 2.35 bits per heavy atom. The molecule has 23 heavy (non-hydrogen) atoms. The van der Waals surface area contributed by atoms with E-state index in [4.69, 9.17) is 5.73 Å². The third-order valence-electron chi connectivity index (χ3n) is 3.17. The van der Waals surface area contributed by atoms with E-state index in [0.29, 0.717) is 18.5 Å². The topological polar surface area (TPSA) is 50.4 Å². The highest BCUT2D eigenvalue weighted by atomic mass is 127. The van der Waals surface area contributed by atoms with Crippen LogP contribution in [0.5, 0.6) is 0 Å². The van der Waals surface area contributed by atoms with Gasteiger partial charge in [0.05, 0.1) is 0 Å². The SMILES string of the molecule is Cc1cc(C)cc(NC(N)=NCCc2ccc(F)cc2F)c1.I. The molecule has 0 fully saturated rings. The third-order valence-corrected chi connectivity index (χ3v) is 3.17. The number of hydrogen-bond donors (Lipinski definition) is 2. The van der Waals surface area contributed by atoms with Crippen molar-refractivity contribution in [1.82, 2.24) is 0 Å². The second-order valence-electron chi connectivity index (χ2n) is 5.25. The molecule has 0 aromatic heterocycles. The first-order chi connectivity index (χ1) is 10.4. The average Bonchev–Trinajstić information content (AvgIpc) is 2.40. The van der Waals surface area contributed by atoms with E-state index in [-0.39, 0.29) is 29.9 Å². The van der Waals surface area contributed by atoms with Crippen molar-refractivity contribution in [1.29, 1.82) is 0 Å². The molecule has 0 radical (unpaired) electrons. The standard InChI is InChI=1S/C17H19F2N3.HI/c1-11-7-12(2)9-15(8-11)22-17(20)21-6-5-13-3-4-14(18)10-16(13)19;/h3-4,7-10H,5-6H2,1-2H3,(H3,20,21,22);1H. The van der Waals surface area contributed by atoms with Gasteiger partial charge in [-0.25, -0.2) is 8.78 Å². The lowest BCUT2D eigenvalue weighted by atomic mass is 10.1. The summed E-state index contributed by atoms with van der Waals surface area (Å²) in [5.41, 5.74) is 9.36. The van der Waals surface area contributed by atoms with Crippen LogP contribution in [0, 0.1) is 25.5 Å². The molecule has 0 aliphatic heterocycles. The number of hydrogen-bond acceptors (Lipinski definition) is 1. The van der Waals surface area contributed by atoms with Gasteiger partial charge >= 0.3 is 0 Å². The first kappa shape index (κ1) is 19.3. The highest BCUT2D eigenvalue weighted by molar-refractivity contribution is 14.0. The summed E-state index contributed by atoms with van der Waals surface area (Å²) in [6, 6.07) is 9.53. The fourth-order valence-electron chi connectivity index (χ4n) is 2.26. The normalized spacial score (nSPS) is 11.0. The van der Waals surface area contributed by atoms with Crippen molar-refractivity contribution in [3.05, 3.63) is 64.7 Å². The minimum Gasteiger partial charge on any atom is -0.370 e. The number of guanidine groups is 1. The van der Waals surface area contributed by atoms with Gasteiger partial charge < -0.3 is 11.1 Å². The Balaban J connectivity index is 0.00000264. The second kappa shape index (κ2) is 8.81. The van der Waals surface area contributed by atoms with Crippen LogP contribution in [0.25, 0.3) is 0 Å². The Morgan fingerprint density at radius 2 is 1.74 bits per heavy atom. The van der Waals surface area contributed by atoms with Crippen LogP contribution in [-0.4, -0.2) is 12.5 Å². The van der Waals surface area contributed by atoms with Crippen LogP contribution in [0.2, 0.25) is 0 Å². The molecule has 2 aromatic carbocycles. The summed E-state index contributed by atoms with van der Waals surface area (Å²) in [4.78, 5) is 4.16. The van der Waals surface area contributed by atoms with Crippen LogP contribution in [0.15, 0.2) is 41.4 Å². The van der Waals surface area contributed by atoms with E-state index in [1.807, 2.05) is 26.0 Å². The Bertz CT molecular complexity index is 682. The molecule has 0 atom stereocenters. The van der Waals surface area contributed by atoms with Gasteiger partial charge in [-0.05, 0) is 55.2 Å². The average molecular weight is 431 g/mol. The summed E-state index contributed by atoms with van der Waals surface area (Å²) >= 11 is 0. The minimum atomic E-state index is -0.583. The summed E-state index contributed by atoms with van der Waals surface area (Å²) in [6.07, 6.45) is 0.362. The summed E-state index contributed by atoms with van der Waals surface area (Å²) in [5.74, 6) is -0.871. The van der Waals surface area contributed by atoms with Crippen LogP contribution < -0.4 is 11.1 Å². The van der Waals surface area contributed by atoms with Crippen LogP contribution in [-0.2, 0) is 6.42 Å². The number of anilines is 1. The largest absolute Gasteiger partial charge is 0.370 e. The third kappa shape index (κ3) is 6.13. The van der Waals surface area contributed by atoms with Gasteiger partial charge in [-0.15, -0.1) is 24.0 Å². The van der Waals surface area contributed by atoms with E-state index in [0.717, 1.165) is 22.9 Å². The number of rotatable bonds is 4. The fourth-order valence-corrected chi connectivity index (χ4v) is 2.26. The number of aliphatic imine (C=N–C) groups is 1. The molecule has 6 heteroatoms. The Hall–Kier alpha value is -1.70. The monoisotopic (exact) mass is 431 g/mol. The highest BCUT2D eigenvalue weighted by Gasteiger charge is 2.03. The predicted octanol–water partition coefficient (Wildman–Crippen LogP) is 4.17. The molecule has 2 aromatic rings. The van der Waals surface area contributed by atoms with Crippen molar-refractivity contribution in [2.45, 2.75) is 20.3 Å². The molecule has 0 aliphatic rings. The van der Waals surface area contributed by atoms with E-state index in [9.17, 15) is 8.78 Å². The maximum atomic E-state index is 13.5. The molecule has 3 N–H and O–H groups in total. The van der Waals surface area contributed by atoms with Crippen molar-refractivity contribution in [2.24, 2.45) is 10.7 Å². The van der Waals surface area contributed by atoms with Gasteiger partial charge in [0.25, 0.3) is 0 Å². The molecular weight excluding hydrogens is 411 g/mol. The lowest BCUT2D eigenvalue weighted by Gasteiger charge is -2.08. The molecule has 0 saturated carbocycles. The molecule has 0 unspecified atom stereocenters. The van der Waals surface area contributed by atoms with Crippen molar-refractivity contribution in [2.75, 3.05) is 11.9 Å². The van der Waals surface area contributed by atoms with Gasteiger partial charge in [-0.3, -0.25) is 4.99 Å². The summed E-state index contributed by atoms with van der Waals surface area (Å²) in [6.45, 7) is 4.33. The van der Waals surface area contributed by atoms with Crippen LogP contribution in [0.4, 0.5) is 14.5 Å². The Kier molecular flexibility index (Phi) is 7.41. The number of aryl methyl sites for hydroxylation is 2. The summed E-state index contributed by atoms with van der Waals surface area (Å²) in [5, 5.41) is 3.01. The van der Waals surface area contributed by atoms with Crippen molar-refractivity contribution >= 4 is 35.6 Å². The molecule has 0 heterocycles. The summed E-state index contributed by atoms with van der Waals surface area (Å²) in [7, 11) is 0. The number of benzene rings is 2. The van der Waals surface area contributed by atoms with Crippen LogP contribution in [0.3, 0.4) is 0 Å². The maximum Gasteiger partial charge on any atom is 0.193 e. The number of nitrogens with one attached hydrogen (secondary N) is 1.